The van der Waals surface area contributed by atoms with Gasteiger partial charge < -0.3 is 10.6 Å². The van der Waals surface area contributed by atoms with Gasteiger partial charge in [-0.1, -0.05) is 47.5 Å². The summed E-state index contributed by atoms with van der Waals surface area (Å²) in [6, 6.07) is 12.2. The molecule has 2 aromatic rings. The highest BCUT2D eigenvalue weighted by atomic mass is 35.5. The van der Waals surface area contributed by atoms with Gasteiger partial charge in [-0.05, 0) is 24.1 Å². The third-order valence-electron chi connectivity index (χ3n) is 3.52. The number of rotatable bonds is 2. The average molecular weight is 308 g/mol. The molecule has 1 aromatic carbocycles. The molecule has 5 heteroatoms. The first-order valence-electron chi connectivity index (χ1n) is 6.53. The number of aromatic nitrogens is 1. The number of para-hydroxylation sites is 1. The maximum absolute atomic E-state index is 6.16. The number of fused-ring (bicyclic) bond motifs is 1. The molecule has 0 amide bonds. The van der Waals surface area contributed by atoms with Gasteiger partial charge in [-0.15, -0.1) is 0 Å². The van der Waals surface area contributed by atoms with E-state index >= 15 is 0 Å². The second-order valence-electron chi connectivity index (χ2n) is 5.06. The molecule has 2 heterocycles. The molecule has 1 aliphatic heterocycles. The van der Waals surface area contributed by atoms with Crippen LogP contribution in [0.3, 0.4) is 0 Å². The zero-order valence-corrected chi connectivity index (χ0v) is 12.4. The largest absolute Gasteiger partial charge is 0.365 e. The van der Waals surface area contributed by atoms with E-state index < -0.39 is 0 Å². The van der Waals surface area contributed by atoms with Crippen molar-refractivity contribution in [2.45, 2.75) is 19.0 Å². The first-order valence-corrected chi connectivity index (χ1v) is 7.28. The van der Waals surface area contributed by atoms with Crippen LogP contribution in [0.4, 0.5) is 5.69 Å². The maximum atomic E-state index is 6.16. The van der Waals surface area contributed by atoms with Crippen LogP contribution >= 0.6 is 23.2 Å². The lowest BCUT2D eigenvalue weighted by Gasteiger charge is -2.34. The van der Waals surface area contributed by atoms with E-state index in [0.29, 0.717) is 16.9 Å². The standard InChI is InChI=1S/C15H15Cl2N3/c16-14-6-5-11(15(17)19-14)8-20-9-12(18)7-10-3-1-2-4-13(10)20/h1-6,12H,7-9,18H2. The minimum atomic E-state index is 0.143. The van der Waals surface area contributed by atoms with Crippen molar-refractivity contribution >= 4 is 28.9 Å². The summed E-state index contributed by atoms with van der Waals surface area (Å²) in [5.41, 5.74) is 9.61. The number of nitrogens with zero attached hydrogens (tertiary/aromatic N) is 2. The van der Waals surface area contributed by atoms with Gasteiger partial charge in [0.15, 0.2) is 0 Å². The van der Waals surface area contributed by atoms with Crippen LogP contribution in [0.5, 0.6) is 0 Å². The molecule has 2 N–H and O–H groups in total. The Bertz CT molecular complexity index is 630. The Morgan fingerprint density at radius 1 is 1.20 bits per heavy atom. The highest BCUT2D eigenvalue weighted by Crippen LogP contribution is 2.29. The molecule has 0 fully saturated rings. The first-order chi connectivity index (χ1) is 9.63. The Hall–Kier alpha value is -1.29. The lowest BCUT2D eigenvalue weighted by molar-refractivity contribution is 0.598. The predicted molar refractivity (Wildman–Crippen MR) is 83.4 cm³/mol. The SMILES string of the molecule is NC1Cc2ccccc2N(Cc2ccc(Cl)nc2Cl)C1. The molecular weight excluding hydrogens is 293 g/mol. The Kier molecular flexibility index (Phi) is 3.83. The molecule has 1 atom stereocenters. The van der Waals surface area contributed by atoms with Crippen LogP contribution in [-0.2, 0) is 13.0 Å². The summed E-state index contributed by atoms with van der Waals surface area (Å²) in [5, 5.41) is 0.864. The molecular formula is C15H15Cl2N3. The van der Waals surface area contributed by atoms with Crippen molar-refractivity contribution in [3.05, 3.63) is 57.8 Å². The van der Waals surface area contributed by atoms with Crippen LogP contribution in [0, 0.1) is 0 Å². The Labute approximate surface area is 128 Å². The minimum Gasteiger partial charge on any atom is -0.365 e. The van der Waals surface area contributed by atoms with Crippen molar-refractivity contribution in [2.75, 3.05) is 11.4 Å². The van der Waals surface area contributed by atoms with Crippen LogP contribution in [-0.4, -0.2) is 17.6 Å². The Morgan fingerprint density at radius 3 is 2.80 bits per heavy atom. The summed E-state index contributed by atoms with van der Waals surface area (Å²) < 4.78 is 0. The fraction of sp³-hybridized carbons (Fsp3) is 0.267. The average Bonchev–Trinajstić information content (AvgIpc) is 2.41. The molecule has 0 aliphatic carbocycles. The van der Waals surface area contributed by atoms with Crippen molar-refractivity contribution in [3.63, 3.8) is 0 Å². The molecule has 0 saturated carbocycles. The molecule has 0 spiro atoms. The van der Waals surface area contributed by atoms with Crippen LogP contribution in [0.2, 0.25) is 10.3 Å². The van der Waals surface area contributed by atoms with Gasteiger partial charge in [0, 0.05) is 30.4 Å². The number of hydrogen-bond acceptors (Lipinski definition) is 3. The normalized spacial score (nSPS) is 17.9. The van der Waals surface area contributed by atoms with E-state index in [4.69, 9.17) is 28.9 Å². The van der Waals surface area contributed by atoms with E-state index in [1.807, 2.05) is 18.2 Å². The summed E-state index contributed by atoms with van der Waals surface area (Å²) in [6.07, 6.45) is 0.916. The number of anilines is 1. The summed E-state index contributed by atoms with van der Waals surface area (Å²) >= 11 is 12.0. The Balaban J connectivity index is 1.91. The van der Waals surface area contributed by atoms with Gasteiger partial charge in [0.1, 0.15) is 10.3 Å². The summed E-state index contributed by atoms with van der Waals surface area (Å²) in [6.45, 7) is 1.50. The highest BCUT2D eigenvalue weighted by Gasteiger charge is 2.22. The fourth-order valence-electron chi connectivity index (χ4n) is 2.63. The van der Waals surface area contributed by atoms with E-state index in [1.54, 1.807) is 6.07 Å². The molecule has 1 aromatic heterocycles. The van der Waals surface area contributed by atoms with Crippen molar-refractivity contribution in [3.8, 4) is 0 Å². The first kappa shape index (κ1) is 13.7. The number of hydrogen-bond donors (Lipinski definition) is 1. The summed E-state index contributed by atoms with van der Waals surface area (Å²) in [5.74, 6) is 0. The highest BCUT2D eigenvalue weighted by molar-refractivity contribution is 6.32. The zero-order valence-electron chi connectivity index (χ0n) is 10.9. The van der Waals surface area contributed by atoms with Crippen LogP contribution < -0.4 is 10.6 Å². The molecule has 20 heavy (non-hydrogen) atoms. The number of nitrogens with two attached hydrogens (primary N) is 1. The van der Waals surface area contributed by atoms with Gasteiger partial charge in [0.2, 0.25) is 0 Å². The third kappa shape index (κ3) is 2.75. The van der Waals surface area contributed by atoms with Crippen LogP contribution in [0.25, 0.3) is 0 Å². The van der Waals surface area contributed by atoms with Gasteiger partial charge in [0.05, 0.1) is 0 Å². The molecule has 0 saturated heterocycles. The predicted octanol–water partition coefficient (Wildman–Crippen LogP) is 3.28. The third-order valence-corrected chi connectivity index (χ3v) is 4.06. The van der Waals surface area contributed by atoms with Gasteiger partial charge in [-0.2, -0.15) is 0 Å². The number of pyridine rings is 1. The molecule has 104 valence electrons. The fourth-order valence-corrected chi connectivity index (χ4v) is 3.04. The van der Waals surface area contributed by atoms with E-state index in [2.05, 4.69) is 22.0 Å². The van der Waals surface area contributed by atoms with E-state index in [1.165, 1.54) is 11.3 Å². The van der Waals surface area contributed by atoms with Crippen molar-refractivity contribution in [1.29, 1.82) is 0 Å². The molecule has 0 radical (unpaired) electrons. The minimum absolute atomic E-state index is 0.143. The monoisotopic (exact) mass is 307 g/mol. The smallest absolute Gasteiger partial charge is 0.135 e. The van der Waals surface area contributed by atoms with Gasteiger partial charge in [0.25, 0.3) is 0 Å². The molecule has 3 nitrogen and oxygen atoms in total. The van der Waals surface area contributed by atoms with Crippen LogP contribution in [0.1, 0.15) is 11.1 Å². The van der Waals surface area contributed by atoms with Gasteiger partial charge >= 0.3 is 0 Å². The summed E-state index contributed by atoms with van der Waals surface area (Å²) in [7, 11) is 0. The van der Waals surface area contributed by atoms with Gasteiger partial charge in [-0.3, -0.25) is 0 Å². The van der Waals surface area contributed by atoms with Crippen LogP contribution in [0.15, 0.2) is 36.4 Å². The number of halogens is 2. The van der Waals surface area contributed by atoms with E-state index in [9.17, 15) is 0 Å². The lowest BCUT2D eigenvalue weighted by atomic mass is 9.98. The molecule has 1 aliphatic rings. The van der Waals surface area contributed by atoms with Gasteiger partial charge in [-0.25, -0.2) is 4.98 Å². The molecule has 3 rings (SSSR count). The maximum Gasteiger partial charge on any atom is 0.135 e. The van der Waals surface area contributed by atoms with Crippen molar-refractivity contribution in [1.82, 2.24) is 4.98 Å². The van der Waals surface area contributed by atoms with Crippen molar-refractivity contribution < 1.29 is 0 Å². The second kappa shape index (κ2) is 5.60. The lowest BCUT2D eigenvalue weighted by Crippen LogP contribution is -2.42. The topological polar surface area (TPSA) is 42.1 Å². The molecule has 0 bridgehead atoms. The second-order valence-corrected chi connectivity index (χ2v) is 5.80. The van der Waals surface area contributed by atoms with E-state index in [-0.39, 0.29) is 6.04 Å². The van der Waals surface area contributed by atoms with E-state index in [0.717, 1.165) is 18.5 Å². The summed E-state index contributed by atoms with van der Waals surface area (Å²) in [4.78, 5) is 6.34. The molecule has 1 unspecified atom stereocenters. The van der Waals surface area contributed by atoms with Crippen molar-refractivity contribution in [2.24, 2.45) is 5.73 Å². The zero-order chi connectivity index (χ0) is 14.1. The Morgan fingerprint density at radius 2 is 2.00 bits per heavy atom. The number of benzene rings is 1. The quantitative estimate of drug-likeness (QED) is 0.866.